The molecule has 0 spiro atoms. The number of rotatable bonds is 5. The van der Waals surface area contributed by atoms with Crippen LogP contribution in [0.3, 0.4) is 0 Å². The number of halogens is 4. The van der Waals surface area contributed by atoms with Crippen molar-refractivity contribution < 1.29 is 22.7 Å². The lowest BCUT2D eigenvalue weighted by Crippen LogP contribution is -2.33. The number of alkyl halides is 3. The van der Waals surface area contributed by atoms with Gasteiger partial charge in [-0.1, -0.05) is 30.3 Å². The van der Waals surface area contributed by atoms with Crippen LogP contribution in [-0.2, 0) is 6.18 Å². The van der Waals surface area contributed by atoms with E-state index in [0.717, 1.165) is 41.8 Å². The second-order valence-electron chi connectivity index (χ2n) is 6.63. The Bertz CT molecular complexity index is 781. The van der Waals surface area contributed by atoms with E-state index in [2.05, 4.69) is 11.0 Å². The van der Waals surface area contributed by atoms with E-state index < -0.39 is 11.7 Å². The fourth-order valence-corrected chi connectivity index (χ4v) is 3.47. The minimum Gasteiger partial charge on any atom is -0.396 e. The molecule has 144 valence electrons. The number of hydrogen-bond acceptors (Lipinski definition) is 2. The van der Waals surface area contributed by atoms with Crippen molar-refractivity contribution in [1.29, 1.82) is 0 Å². The Kier molecular flexibility index (Phi) is 5.97. The first-order valence-electron chi connectivity index (χ1n) is 8.85. The fraction of sp³-hybridized carbons (Fsp3) is 0.333. The highest BCUT2D eigenvalue weighted by molar-refractivity contribution is 5.66. The van der Waals surface area contributed by atoms with Gasteiger partial charge in [0.15, 0.2) is 0 Å². The van der Waals surface area contributed by atoms with Crippen LogP contribution in [0.1, 0.15) is 35.6 Å². The molecule has 1 heterocycles. The Balaban J connectivity index is 1.75. The van der Waals surface area contributed by atoms with Crippen LogP contribution < -0.4 is 0 Å². The number of benzene rings is 2. The molecule has 0 amide bonds. The molecule has 2 nitrogen and oxygen atoms in total. The van der Waals surface area contributed by atoms with Gasteiger partial charge in [0, 0.05) is 25.7 Å². The van der Waals surface area contributed by atoms with Gasteiger partial charge in [-0.3, -0.25) is 4.90 Å². The lowest BCUT2D eigenvalue weighted by molar-refractivity contribution is -0.137. The van der Waals surface area contributed by atoms with Gasteiger partial charge >= 0.3 is 6.18 Å². The highest BCUT2D eigenvalue weighted by atomic mass is 19.4. The predicted octanol–water partition coefficient (Wildman–Crippen LogP) is 5.06. The summed E-state index contributed by atoms with van der Waals surface area (Å²) in [6, 6.07) is 11.4. The first kappa shape index (κ1) is 19.6. The SMILES string of the molecule is OCCC(c1ccc(C(F)(F)F)cc1)N1CC=C(c2ccc(F)cc2)CC1. The Morgan fingerprint density at radius 3 is 2.19 bits per heavy atom. The van der Waals surface area contributed by atoms with Gasteiger partial charge in [0.25, 0.3) is 0 Å². The van der Waals surface area contributed by atoms with Crippen molar-refractivity contribution in [1.82, 2.24) is 4.90 Å². The summed E-state index contributed by atoms with van der Waals surface area (Å²) in [4.78, 5) is 2.14. The molecule has 6 heteroatoms. The number of aliphatic hydroxyl groups is 1. The molecule has 0 saturated carbocycles. The van der Waals surface area contributed by atoms with Crippen LogP contribution in [0.25, 0.3) is 5.57 Å². The van der Waals surface area contributed by atoms with Crippen LogP contribution in [0.2, 0.25) is 0 Å². The smallest absolute Gasteiger partial charge is 0.396 e. The Hall–Kier alpha value is -2.18. The third kappa shape index (κ3) is 4.76. The van der Waals surface area contributed by atoms with Crippen molar-refractivity contribution >= 4 is 5.57 Å². The standard InChI is InChI=1S/C21H21F4NO/c22-19-7-3-15(4-8-19)16-9-12-26(13-10-16)20(11-14-27)17-1-5-18(6-2-17)21(23,24)25/h1-9,20,27H,10-14H2. The maximum absolute atomic E-state index is 13.1. The van der Waals surface area contributed by atoms with Gasteiger partial charge in [-0.2, -0.15) is 13.2 Å². The summed E-state index contributed by atoms with van der Waals surface area (Å²) in [5.41, 5.74) is 2.19. The third-order valence-corrected chi connectivity index (χ3v) is 4.92. The molecule has 27 heavy (non-hydrogen) atoms. The topological polar surface area (TPSA) is 23.5 Å². The average molecular weight is 379 g/mol. The van der Waals surface area contributed by atoms with Crippen LogP contribution in [-0.4, -0.2) is 29.7 Å². The summed E-state index contributed by atoms with van der Waals surface area (Å²) in [5, 5.41) is 9.41. The molecule has 1 unspecified atom stereocenters. The van der Waals surface area contributed by atoms with Crippen molar-refractivity contribution in [2.24, 2.45) is 0 Å². The van der Waals surface area contributed by atoms with E-state index in [9.17, 15) is 22.7 Å². The monoisotopic (exact) mass is 379 g/mol. The van der Waals surface area contributed by atoms with Gasteiger partial charge in [-0.25, -0.2) is 4.39 Å². The summed E-state index contributed by atoms with van der Waals surface area (Å²) < 4.78 is 51.4. The summed E-state index contributed by atoms with van der Waals surface area (Å²) >= 11 is 0. The minimum atomic E-state index is -4.36. The molecule has 0 aliphatic carbocycles. The van der Waals surface area contributed by atoms with Crippen LogP contribution in [0, 0.1) is 5.82 Å². The lowest BCUT2D eigenvalue weighted by atomic mass is 9.95. The lowest BCUT2D eigenvalue weighted by Gasteiger charge is -2.34. The molecule has 1 aliphatic heterocycles. The van der Waals surface area contributed by atoms with Crippen molar-refractivity contribution in [3.63, 3.8) is 0 Å². The van der Waals surface area contributed by atoms with Gasteiger partial charge in [-0.05, 0) is 53.8 Å². The van der Waals surface area contributed by atoms with E-state index >= 15 is 0 Å². The zero-order valence-electron chi connectivity index (χ0n) is 14.7. The number of nitrogens with zero attached hydrogens (tertiary/aromatic N) is 1. The van der Waals surface area contributed by atoms with Crippen molar-refractivity contribution in [3.8, 4) is 0 Å². The van der Waals surface area contributed by atoms with Crippen molar-refractivity contribution in [2.75, 3.05) is 19.7 Å². The highest BCUT2D eigenvalue weighted by Gasteiger charge is 2.31. The molecule has 0 bridgehead atoms. The first-order chi connectivity index (χ1) is 12.9. The van der Waals surface area contributed by atoms with Crippen LogP contribution >= 0.6 is 0 Å². The third-order valence-electron chi connectivity index (χ3n) is 4.92. The molecular weight excluding hydrogens is 358 g/mol. The maximum Gasteiger partial charge on any atom is 0.416 e. The number of aliphatic hydroxyl groups excluding tert-OH is 1. The van der Waals surface area contributed by atoms with Gasteiger partial charge < -0.3 is 5.11 Å². The van der Waals surface area contributed by atoms with E-state index in [1.807, 2.05) is 0 Å². The van der Waals surface area contributed by atoms with Crippen molar-refractivity contribution in [2.45, 2.75) is 25.1 Å². The Morgan fingerprint density at radius 1 is 1.00 bits per heavy atom. The molecule has 0 aromatic heterocycles. The number of hydrogen-bond donors (Lipinski definition) is 1. The molecule has 0 saturated heterocycles. The van der Waals surface area contributed by atoms with Crippen molar-refractivity contribution in [3.05, 3.63) is 77.1 Å². The quantitative estimate of drug-likeness (QED) is 0.735. The highest BCUT2D eigenvalue weighted by Crippen LogP contribution is 2.33. The molecular formula is C21H21F4NO. The minimum absolute atomic E-state index is 0.0449. The Morgan fingerprint density at radius 2 is 1.67 bits per heavy atom. The van der Waals surface area contributed by atoms with E-state index in [0.29, 0.717) is 13.0 Å². The molecule has 1 N–H and O–H groups in total. The zero-order chi connectivity index (χ0) is 19.4. The molecule has 1 aliphatic rings. The zero-order valence-corrected chi connectivity index (χ0v) is 14.7. The predicted molar refractivity (Wildman–Crippen MR) is 96.5 cm³/mol. The second-order valence-corrected chi connectivity index (χ2v) is 6.63. The molecule has 2 aromatic carbocycles. The first-order valence-corrected chi connectivity index (χ1v) is 8.85. The van der Waals surface area contributed by atoms with E-state index in [4.69, 9.17) is 0 Å². The Labute approximate surface area is 155 Å². The largest absolute Gasteiger partial charge is 0.416 e. The summed E-state index contributed by atoms with van der Waals surface area (Å²) in [6.07, 6.45) is -1.09. The van der Waals surface area contributed by atoms with Gasteiger partial charge in [-0.15, -0.1) is 0 Å². The molecule has 0 radical (unpaired) electrons. The van der Waals surface area contributed by atoms with Crippen LogP contribution in [0.4, 0.5) is 17.6 Å². The molecule has 1 atom stereocenters. The van der Waals surface area contributed by atoms with Crippen LogP contribution in [0.15, 0.2) is 54.6 Å². The van der Waals surface area contributed by atoms with Gasteiger partial charge in [0.2, 0.25) is 0 Å². The molecule has 0 fully saturated rings. The summed E-state index contributed by atoms with van der Waals surface area (Å²) in [6.45, 7) is 1.30. The summed E-state index contributed by atoms with van der Waals surface area (Å²) in [7, 11) is 0. The second kappa shape index (κ2) is 8.23. The van der Waals surface area contributed by atoms with Crippen LogP contribution in [0.5, 0.6) is 0 Å². The normalized spacial score (nSPS) is 16.9. The van der Waals surface area contributed by atoms with Gasteiger partial charge in [0.05, 0.1) is 5.56 Å². The molecule has 3 rings (SSSR count). The van der Waals surface area contributed by atoms with E-state index in [-0.39, 0.29) is 18.5 Å². The van der Waals surface area contributed by atoms with E-state index in [1.165, 1.54) is 24.3 Å². The molecule has 2 aromatic rings. The van der Waals surface area contributed by atoms with Gasteiger partial charge in [0.1, 0.15) is 5.82 Å². The summed E-state index contributed by atoms with van der Waals surface area (Å²) in [5.74, 6) is -0.276. The average Bonchev–Trinajstić information content (AvgIpc) is 2.66. The fourth-order valence-electron chi connectivity index (χ4n) is 3.47. The van der Waals surface area contributed by atoms with E-state index in [1.54, 1.807) is 12.1 Å². The maximum atomic E-state index is 13.1.